The number of esters is 1. The summed E-state index contributed by atoms with van der Waals surface area (Å²) in [6, 6.07) is 0. The molecule has 1 N–H and O–H groups in total. The average Bonchev–Trinajstić information content (AvgIpc) is 2.17. The van der Waals surface area contributed by atoms with Gasteiger partial charge in [0.1, 0.15) is 0 Å². The molecule has 5 nitrogen and oxygen atoms in total. The van der Waals surface area contributed by atoms with Crippen LogP contribution in [0, 0.1) is 0 Å². The molecular formula is C10H19NO4. The van der Waals surface area contributed by atoms with E-state index in [1.807, 2.05) is 0 Å². The lowest BCUT2D eigenvalue weighted by Crippen LogP contribution is -2.51. The SMILES string of the molecule is C=C(C)C(=O)OC(C)NC(C)(OC)OC. The van der Waals surface area contributed by atoms with Crippen LogP contribution in [-0.2, 0) is 19.0 Å². The second kappa shape index (κ2) is 5.85. The first-order chi connectivity index (χ1) is 6.84. The molecule has 0 radical (unpaired) electrons. The summed E-state index contributed by atoms with van der Waals surface area (Å²) in [6.07, 6.45) is -0.529. The number of hydrogen-bond donors (Lipinski definition) is 1. The molecular weight excluding hydrogens is 198 g/mol. The Morgan fingerprint density at radius 1 is 1.40 bits per heavy atom. The highest BCUT2D eigenvalue weighted by molar-refractivity contribution is 5.87. The Hall–Kier alpha value is -0.910. The van der Waals surface area contributed by atoms with Gasteiger partial charge in [0, 0.05) is 26.7 Å². The van der Waals surface area contributed by atoms with Gasteiger partial charge >= 0.3 is 5.97 Å². The molecule has 0 aliphatic heterocycles. The van der Waals surface area contributed by atoms with E-state index in [1.54, 1.807) is 20.8 Å². The Labute approximate surface area is 90.4 Å². The zero-order valence-electron chi connectivity index (χ0n) is 9.92. The largest absolute Gasteiger partial charge is 0.443 e. The van der Waals surface area contributed by atoms with Gasteiger partial charge in [0.25, 0.3) is 0 Å². The molecule has 0 aliphatic carbocycles. The summed E-state index contributed by atoms with van der Waals surface area (Å²) >= 11 is 0. The lowest BCUT2D eigenvalue weighted by molar-refractivity contribution is -0.232. The third kappa shape index (κ3) is 4.92. The molecule has 0 heterocycles. The normalized spacial score (nSPS) is 13.4. The van der Waals surface area contributed by atoms with Gasteiger partial charge in [0.15, 0.2) is 6.23 Å². The molecule has 0 saturated carbocycles. The van der Waals surface area contributed by atoms with E-state index in [9.17, 15) is 4.79 Å². The van der Waals surface area contributed by atoms with Crippen LogP contribution in [0.3, 0.4) is 0 Å². The first kappa shape index (κ1) is 14.1. The van der Waals surface area contributed by atoms with Crippen molar-refractivity contribution in [3.8, 4) is 0 Å². The van der Waals surface area contributed by atoms with Crippen molar-refractivity contribution >= 4 is 5.97 Å². The van der Waals surface area contributed by atoms with Gasteiger partial charge in [0.2, 0.25) is 5.91 Å². The van der Waals surface area contributed by atoms with E-state index in [4.69, 9.17) is 14.2 Å². The van der Waals surface area contributed by atoms with E-state index in [1.165, 1.54) is 14.2 Å². The smallest absolute Gasteiger partial charge is 0.334 e. The monoisotopic (exact) mass is 217 g/mol. The average molecular weight is 217 g/mol. The standard InChI is InChI=1S/C10H19NO4/c1-7(2)9(12)15-8(3)11-10(4,13-5)14-6/h8,11H,1H2,2-6H3. The second-order valence-electron chi connectivity index (χ2n) is 3.33. The van der Waals surface area contributed by atoms with Crippen molar-refractivity contribution in [3.05, 3.63) is 12.2 Å². The van der Waals surface area contributed by atoms with Crippen LogP contribution in [0.25, 0.3) is 0 Å². The van der Waals surface area contributed by atoms with E-state index in [0.717, 1.165) is 0 Å². The third-order valence-electron chi connectivity index (χ3n) is 1.88. The van der Waals surface area contributed by atoms with E-state index in [0.29, 0.717) is 5.57 Å². The van der Waals surface area contributed by atoms with Gasteiger partial charge in [-0.25, -0.2) is 10.1 Å². The van der Waals surface area contributed by atoms with Crippen LogP contribution in [0.1, 0.15) is 20.8 Å². The maximum absolute atomic E-state index is 11.2. The summed E-state index contributed by atoms with van der Waals surface area (Å²) in [5, 5.41) is 2.85. The molecule has 0 spiro atoms. The van der Waals surface area contributed by atoms with Crippen LogP contribution in [0.15, 0.2) is 12.2 Å². The fraction of sp³-hybridized carbons (Fsp3) is 0.700. The Balaban J connectivity index is 4.19. The highest BCUT2D eigenvalue weighted by atomic mass is 16.7. The van der Waals surface area contributed by atoms with Gasteiger partial charge in [-0.2, -0.15) is 0 Å². The molecule has 0 amide bonds. The van der Waals surface area contributed by atoms with Crippen LogP contribution in [0.2, 0.25) is 0 Å². The van der Waals surface area contributed by atoms with Gasteiger partial charge in [-0.15, -0.1) is 0 Å². The minimum atomic E-state index is -0.977. The maximum Gasteiger partial charge on any atom is 0.334 e. The summed E-state index contributed by atoms with van der Waals surface area (Å²) in [7, 11) is 2.98. The quantitative estimate of drug-likeness (QED) is 0.409. The molecule has 1 unspecified atom stereocenters. The highest BCUT2D eigenvalue weighted by Crippen LogP contribution is 2.07. The van der Waals surface area contributed by atoms with Crippen molar-refractivity contribution in [2.75, 3.05) is 14.2 Å². The predicted molar refractivity (Wildman–Crippen MR) is 55.9 cm³/mol. The molecule has 0 aromatic rings. The fourth-order valence-corrected chi connectivity index (χ4v) is 0.861. The van der Waals surface area contributed by atoms with E-state index in [2.05, 4.69) is 11.9 Å². The van der Waals surface area contributed by atoms with Crippen LogP contribution < -0.4 is 5.32 Å². The topological polar surface area (TPSA) is 56.8 Å². The summed E-state index contributed by atoms with van der Waals surface area (Å²) in [5.41, 5.74) is 0.347. The van der Waals surface area contributed by atoms with Gasteiger partial charge in [-0.1, -0.05) is 6.58 Å². The summed E-state index contributed by atoms with van der Waals surface area (Å²) < 4.78 is 15.1. The lowest BCUT2D eigenvalue weighted by Gasteiger charge is -2.30. The summed E-state index contributed by atoms with van der Waals surface area (Å²) in [5.74, 6) is -1.43. The maximum atomic E-state index is 11.2. The number of carbonyl (C=O) groups is 1. The number of rotatable bonds is 6. The summed E-state index contributed by atoms with van der Waals surface area (Å²) in [4.78, 5) is 11.2. The molecule has 0 rings (SSSR count). The Morgan fingerprint density at radius 2 is 1.87 bits per heavy atom. The van der Waals surface area contributed by atoms with Gasteiger partial charge < -0.3 is 14.2 Å². The minimum absolute atomic E-state index is 0.347. The Kier molecular flexibility index (Phi) is 5.49. The predicted octanol–water partition coefficient (Wildman–Crippen LogP) is 1.01. The zero-order valence-corrected chi connectivity index (χ0v) is 9.92. The van der Waals surface area contributed by atoms with Crippen LogP contribution in [0.5, 0.6) is 0 Å². The Morgan fingerprint density at radius 3 is 2.20 bits per heavy atom. The number of ether oxygens (including phenoxy) is 3. The first-order valence-corrected chi connectivity index (χ1v) is 4.59. The lowest BCUT2D eigenvalue weighted by atomic mass is 10.4. The van der Waals surface area contributed by atoms with Crippen LogP contribution >= 0.6 is 0 Å². The van der Waals surface area contributed by atoms with Crippen molar-refractivity contribution in [3.63, 3.8) is 0 Å². The van der Waals surface area contributed by atoms with Gasteiger partial charge in [-0.3, -0.25) is 0 Å². The molecule has 88 valence electrons. The van der Waals surface area contributed by atoms with E-state index >= 15 is 0 Å². The van der Waals surface area contributed by atoms with Crippen LogP contribution in [0.4, 0.5) is 0 Å². The minimum Gasteiger partial charge on any atom is -0.443 e. The number of hydrogen-bond acceptors (Lipinski definition) is 5. The van der Waals surface area contributed by atoms with Gasteiger partial charge in [0.05, 0.1) is 0 Å². The second-order valence-corrected chi connectivity index (χ2v) is 3.33. The molecule has 15 heavy (non-hydrogen) atoms. The highest BCUT2D eigenvalue weighted by Gasteiger charge is 2.26. The van der Waals surface area contributed by atoms with Crippen molar-refractivity contribution in [1.29, 1.82) is 0 Å². The number of nitrogens with one attached hydrogen (secondary N) is 1. The van der Waals surface area contributed by atoms with Crippen molar-refractivity contribution in [2.45, 2.75) is 32.9 Å². The molecule has 1 atom stereocenters. The molecule has 0 bridgehead atoms. The van der Waals surface area contributed by atoms with Crippen molar-refractivity contribution in [1.82, 2.24) is 5.32 Å². The molecule has 0 saturated heterocycles. The number of methoxy groups -OCH3 is 2. The van der Waals surface area contributed by atoms with E-state index < -0.39 is 18.1 Å². The first-order valence-electron chi connectivity index (χ1n) is 4.59. The van der Waals surface area contributed by atoms with Crippen molar-refractivity contribution < 1.29 is 19.0 Å². The van der Waals surface area contributed by atoms with Crippen LogP contribution in [-0.4, -0.2) is 32.3 Å². The fourth-order valence-electron chi connectivity index (χ4n) is 0.861. The molecule has 0 fully saturated rings. The van der Waals surface area contributed by atoms with Gasteiger partial charge in [-0.05, 0) is 13.8 Å². The van der Waals surface area contributed by atoms with E-state index in [-0.39, 0.29) is 0 Å². The molecule has 0 aromatic carbocycles. The molecule has 0 aromatic heterocycles. The summed E-state index contributed by atoms with van der Waals surface area (Å²) in [6.45, 7) is 8.42. The Bertz CT molecular complexity index is 236. The van der Waals surface area contributed by atoms with Crippen molar-refractivity contribution in [2.24, 2.45) is 0 Å². The third-order valence-corrected chi connectivity index (χ3v) is 1.88. The zero-order chi connectivity index (χ0) is 12.1. The molecule has 5 heteroatoms. The number of carbonyl (C=O) groups excluding carboxylic acids is 1. The molecule has 0 aliphatic rings.